The summed E-state index contributed by atoms with van der Waals surface area (Å²) in [5, 5.41) is 9.00. The van der Waals surface area contributed by atoms with Crippen molar-refractivity contribution in [1.29, 1.82) is 5.26 Å². The molecule has 0 heterocycles. The van der Waals surface area contributed by atoms with Crippen LogP contribution in [0.3, 0.4) is 0 Å². The van der Waals surface area contributed by atoms with Crippen LogP contribution in [0.15, 0.2) is 48.5 Å². The van der Waals surface area contributed by atoms with Crippen molar-refractivity contribution >= 4 is 5.69 Å². The lowest BCUT2D eigenvalue weighted by Crippen LogP contribution is -2.29. The molecule has 3 heteroatoms. The van der Waals surface area contributed by atoms with Crippen molar-refractivity contribution in [3.8, 4) is 6.07 Å². The van der Waals surface area contributed by atoms with E-state index >= 15 is 0 Å². The molecule has 0 aliphatic rings. The van der Waals surface area contributed by atoms with Gasteiger partial charge in [0.2, 0.25) is 0 Å². The zero-order chi connectivity index (χ0) is 14.4. The molecule has 2 rings (SSSR count). The number of nitriles is 1. The first-order valence-corrected chi connectivity index (χ1v) is 6.74. The van der Waals surface area contributed by atoms with Gasteiger partial charge in [0.15, 0.2) is 0 Å². The fourth-order valence-electron chi connectivity index (χ4n) is 2.23. The number of rotatable bonds is 5. The molecule has 0 aliphatic heterocycles. The number of nitrogens with zero attached hydrogens (tertiary/aromatic N) is 2. The maximum atomic E-state index is 9.00. The summed E-state index contributed by atoms with van der Waals surface area (Å²) < 4.78 is 0. The Morgan fingerprint density at radius 2 is 1.90 bits per heavy atom. The van der Waals surface area contributed by atoms with E-state index in [2.05, 4.69) is 29.2 Å². The second-order valence-corrected chi connectivity index (χ2v) is 4.81. The van der Waals surface area contributed by atoms with Crippen LogP contribution in [0, 0.1) is 18.3 Å². The van der Waals surface area contributed by atoms with Crippen molar-refractivity contribution < 1.29 is 0 Å². The highest BCUT2D eigenvalue weighted by atomic mass is 15.1. The molecule has 0 atom stereocenters. The normalized spacial score (nSPS) is 10.1. The molecule has 0 aromatic heterocycles. The van der Waals surface area contributed by atoms with Crippen LogP contribution in [0.1, 0.15) is 16.7 Å². The highest BCUT2D eigenvalue weighted by molar-refractivity contribution is 5.53. The first-order valence-electron chi connectivity index (χ1n) is 6.74. The molecule has 0 amide bonds. The number of nitrogens with two attached hydrogens (primary N) is 1. The van der Waals surface area contributed by atoms with E-state index in [9.17, 15) is 0 Å². The summed E-state index contributed by atoms with van der Waals surface area (Å²) in [5.74, 6) is 0. The first kappa shape index (κ1) is 14.1. The third kappa shape index (κ3) is 3.37. The van der Waals surface area contributed by atoms with Crippen LogP contribution < -0.4 is 10.6 Å². The average Bonchev–Trinajstić information content (AvgIpc) is 2.48. The molecule has 0 spiro atoms. The van der Waals surface area contributed by atoms with Gasteiger partial charge in [0, 0.05) is 25.3 Å². The van der Waals surface area contributed by atoms with E-state index in [0.717, 1.165) is 29.9 Å². The second kappa shape index (κ2) is 6.74. The highest BCUT2D eigenvalue weighted by Crippen LogP contribution is 2.20. The van der Waals surface area contributed by atoms with Crippen LogP contribution >= 0.6 is 0 Å². The fourth-order valence-corrected chi connectivity index (χ4v) is 2.23. The third-order valence-electron chi connectivity index (χ3n) is 3.31. The van der Waals surface area contributed by atoms with Crippen LogP contribution in [0.25, 0.3) is 0 Å². The number of hydrogen-bond acceptors (Lipinski definition) is 3. The Bertz CT molecular complexity index is 599. The van der Waals surface area contributed by atoms with Crippen LogP contribution in [-0.4, -0.2) is 13.1 Å². The molecule has 20 heavy (non-hydrogen) atoms. The second-order valence-electron chi connectivity index (χ2n) is 4.81. The van der Waals surface area contributed by atoms with E-state index in [1.807, 2.05) is 37.3 Å². The maximum Gasteiger partial charge on any atom is 0.0994 e. The minimum atomic E-state index is 0.603. The smallest absolute Gasteiger partial charge is 0.0994 e. The first-order chi connectivity index (χ1) is 9.74. The highest BCUT2D eigenvalue weighted by Gasteiger charge is 2.08. The number of aryl methyl sites for hydroxylation is 1. The standard InChI is InChI=1S/C17H19N3/c1-14-11-17(8-7-16(14)12-19)20(10-9-18)13-15-5-3-2-4-6-15/h2-8,11H,9-10,13,18H2,1H3. The fraction of sp³-hybridized carbons (Fsp3) is 0.235. The molecular weight excluding hydrogens is 246 g/mol. The van der Waals surface area contributed by atoms with Gasteiger partial charge < -0.3 is 10.6 Å². The van der Waals surface area contributed by atoms with Crippen LogP contribution in [0.4, 0.5) is 5.69 Å². The lowest BCUT2D eigenvalue weighted by molar-refractivity contribution is 0.789. The molecule has 2 aromatic carbocycles. The van der Waals surface area contributed by atoms with E-state index in [1.165, 1.54) is 5.56 Å². The molecule has 2 aromatic rings. The molecule has 3 nitrogen and oxygen atoms in total. The van der Waals surface area contributed by atoms with E-state index in [-0.39, 0.29) is 0 Å². The quantitative estimate of drug-likeness (QED) is 0.904. The van der Waals surface area contributed by atoms with Gasteiger partial charge in [-0.05, 0) is 36.2 Å². The summed E-state index contributed by atoms with van der Waals surface area (Å²) in [6, 6.07) is 18.4. The Morgan fingerprint density at radius 3 is 2.50 bits per heavy atom. The van der Waals surface area contributed by atoms with Gasteiger partial charge in [0.1, 0.15) is 0 Å². The Balaban J connectivity index is 2.24. The van der Waals surface area contributed by atoms with E-state index in [1.54, 1.807) is 0 Å². The van der Waals surface area contributed by atoms with Crippen molar-refractivity contribution in [1.82, 2.24) is 0 Å². The maximum absolute atomic E-state index is 9.00. The SMILES string of the molecule is Cc1cc(N(CCN)Cc2ccccc2)ccc1C#N. The summed E-state index contributed by atoms with van der Waals surface area (Å²) in [7, 11) is 0. The summed E-state index contributed by atoms with van der Waals surface area (Å²) in [6.45, 7) is 4.18. The van der Waals surface area contributed by atoms with Crippen LogP contribution in [0.2, 0.25) is 0 Å². The van der Waals surface area contributed by atoms with Gasteiger partial charge in [0.05, 0.1) is 11.6 Å². The van der Waals surface area contributed by atoms with Gasteiger partial charge in [-0.3, -0.25) is 0 Å². The molecule has 0 radical (unpaired) electrons. The Kier molecular flexibility index (Phi) is 4.75. The lowest BCUT2D eigenvalue weighted by atomic mass is 10.1. The minimum Gasteiger partial charge on any atom is -0.366 e. The summed E-state index contributed by atoms with van der Waals surface area (Å²) in [5.41, 5.74) is 9.80. The lowest BCUT2D eigenvalue weighted by Gasteiger charge is -2.25. The molecule has 0 fully saturated rings. The Hall–Kier alpha value is -2.31. The molecule has 0 saturated heterocycles. The largest absolute Gasteiger partial charge is 0.366 e. The molecular formula is C17H19N3. The van der Waals surface area contributed by atoms with E-state index in [4.69, 9.17) is 11.0 Å². The zero-order valence-corrected chi connectivity index (χ0v) is 11.7. The Labute approximate surface area is 120 Å². The summed E-state index contributed by atoms with van der Waals surface area (Å²) >= 11 is 0. The van der Waals surface area contributed by atoms with Gasteiger partial charge in [-0.15, -0.1) is 0 Å². The monoisotopic (exact) mass is 265 g/mol. The average molecular weight is 265 g/mol. The van der Waals surface area contributed by atoms with Crippen LogP contribution in [-0.2, 0) is 6.54 Å². The Morgan fingerprint density at radius 1 is 1.15 bits per heavy atom. The topological polar surface area (TPSA) is 53.0 Å². The van der Waals surface area contributed by atoms with E-state index in [0.29, 0.717) is 6.54 Å². The van der Waals surface area contributed by atoms with Gasteiger partial charge in [0.25, 0.3) is 0 Å². The van der Waals surface area contributed by atoms with Crippen molar-refractivity contribution in [3.05, 3.63) is 65.2 Å². The van der Waals surface area contributed by atoms with Crippen molar-refractivity contribution in [2.45, 2.75) is 13.5 Å². The summed E-state index contributed by atoms with van der Waals surface area (Å²) in [6.07, 6.45) is 0. The molecule has 102 valence electrons. The number of benzene rings is 2. The van der Waals surface area contributed by atoms with E-state index < -0.39 is 0 Å². The minimum absolute atomic E-state index is 0.603. The van der Waals surface area contributed by atoms with Gasteiger partial charge in [-0.1, -0.05) is 30.3 Å². The molecule has 0 bridgehead atoms. The van der Waals surface area contributed by atoms with Gasteiger partial charge in [-0.2, -0.15) is 5.26 Å². The summed E-state index contributed by atoms with van der Waals surface area (Å²) in [4.78, 5) is 2.24. The number of anilines is 1. The van der Waals surface area contributed by atoms with Crippen LogP contribution in [0.5, 0.6) is 0 Å². The molecule has 2 N–H and O–H groups in total. The number of hydrogen-bond donors (Lipinski definition) is 1. The molecule has 0 unspecified atom stereocenters. The van der Waals surface area contributed by atoms with Crippen molar-refractivity contribution in [2.75, 3.05) is 18.0 Å². The zero-order valence-electron chi connectivity index (χ0n) is 11.7. The van der Waals surface area contributed by atoms with Gasteiger partial charge in [-0.25, -0.2) is 0 Å². The third-order valence-corrected chi connectivity index (χ3v) is 3.31. The molecule has 0 saturated carbocycles. The predicted molar refractivity (Wildman–Crippen MR) is 82.4 cm³/mol. The molecule has 0 aliphatic carbocycles. The van der Waals surface area contributed by atoms with Gasteiger partial charge >= 0.3 is 0 Å². The van der Waals surface area contributed by atoms with Crippen molar-refractivity contribution in [2.24, 2.45) is 5.73 Å². The van der Waals surface area contributed by atoms with Crippen molar-refractivity contribution in [3.63, 3.8) is 0 Å². The predicted octanol–water partition coefficient (Wildman–Crippen LogP) is 2.83.